The van der Waals surface area contributed by atoms with Crippen molar-refractivity contribution in [3.8, 4) is 0 Å². The quantitative estimate of drug-likeness (QED) is 0.734. The Bertz CT molecular complexity index is 1090. The molecule has 0 unspecified atom stereocenters. The van der Waals surface area contributed by atoms with Gasteiger partial charge in [-0.25, -0.2) is 12.7 Å². The molecule has 5 nitrogen and oxygen atoms in total. The average molecular weight is 389 g/mol. The van der Waals surface area contributed by atoms with Gasteiger partial charge in [0.1, 0.15) is 4.90 Å². The Morgan fingerprint density at radius 3 is 2.42 bits per heavy atom. The van der Waals surface area contributed by atoms with E-state index >= 15 is 0 Å². The molecule has 0 heterocycles. The number of carbonyl (C=O) groups is 1. The van der Waals surface area contributed by atoms with E-state index in [1.807, 2.05) is 36.4 Å². The summed E-state index contributed by atoms with van der Waals surface area (Å²) in [7, 11) is -0.927. The molecule has 0 saturated carbocycles. The van der Waals surface area contributed by atoms with Gasteiger partial charge in [0, 0.05) is 30.7 Å². The second-order valence-corrected chi connectivity index (χ2v) is 8.44. The van der Waals surface area contributed by atoms with E-state index in [2.05, 4.69) is 5.32 Å². The SMILES string of the molecule is CN(C)S(=O)(=O)c1cc(C(=O)Nc2cccc3ccccc23)ccc1Cl. The molecule has 0 saturated heterocycles. The normalized spacial score (nSPS) is 11.7. The summed E-state index contributed by atoms with van der Waals surface area (Å²) in [6, 6.07) is 17.5. The first-order valence-electron chi connectivity index (χ1n) is 7.82. The number of sulfonamides is 1. The third kappa shape index (κ3) is 3.44. The van der Waals surface area contributed by atoms with Crippen LogP contribution in [0.4, 0.5) is 5.69 Å². The van der Waals surface area contributed by atoms with Crippen LogP contribution in [0.3, 0.4) is 0 Å². The Kier molecular flexibility index (Phi) is 5.00. The molecule has 0 radical (unpaired) electrons. The minimum absolute atomic E-state index is 0.0698. The van der Waals surface area contributed by atoms with Gasteiger partial charge in [0.2, 0.25) is 10.0 Å². The molecule has 0 aliphatic heterocycles. The van der Waals surface area contributed by atoms with Crippen LogP contribution >= 0.6 is 11.6 Å². The number of rotatable bonds is 4. The van der Waals surface area contributed by atoms with Crippen molar-refractivity contribution in [3.05, 3.63) is 71.2 Å². The molecule has 134 valence electrons. The van der Waals surface area contributed by atoms with Gasteiger partial charge in [0.15, 0.2) is 0 Å². The molecule has 3 rings (SSSR count). The number of hydrogen-bond acceptors (Lipinski definition) is 3. The molecule has 26 heavy (non-hydrogen) atoms. The molecular formula is C19H17ClN2O3S. The van der Waals surface area contributed by atoms with Crippen LogP contribution in [0.5, 0.6) is 0 Å². The Morgan fingerprint density at radius 2 is 1.69 bits per heavy atom. The Labute approximate surface area is 157 Å². The molecule has 7 heteroatoms. The number of nitrogens with one attached hydrogen (secondary N) is 1. The van der Waals surface area contributed by atoms with Gasteiger partial charge in [-0.05, 0) is 29.7 Å². The van der Waals surface area contributed by atoms with Crippen LogP contribution in [0, 0.1) is 0 Å². The summed E-state index contributed by atoms with van der Waals surface area (Å²) in [5.41, 5.74) is 0.864. The van der Waals surface area contributed by atoms with E-state index in [-0.39, 0.29) is 15.5 Å². The van der Waals surface area contributed by atoms with Crippen LogP contribution in [-0.2, 0) is 10.0 Å². The Balaban J connectivity index is 1.98. The van der Waals surface area contributed by atoms with Gasteiger partial charge >= 0.3 is 0 Å². The molecular weight excluding hydrogens is 372 g/mol. The summed E-state index contributed by atoms with van der Waals surface area (Å²) in [4.78, 5) is 12.6. The monoisotopic (exact) mass is 388 g/mol. The Morgan fingerprint density at radius 1 is 1.00 bits per heavy atom. The number of fused-ring (bicyclic) bond motifs is 1. The predicted molar refractivity (Wildman–Crippen MR) is 104 cm³/mol. The third-order valence-electron chi connectivity index (χ3n) is 3.99. The van der Waals surface area contributed by atoms with Crippen LogP contribution in [0.15, 0.2) is 65.6 Å². The van der Waals surface area contributed by atoms with Gasteiger partial charge < -0.3 is 5.32 Å². The smallest absolute Gasteiger partial charge is 0.255 e. The van der Waals surface area contributed by atoms with Crippen molar-refractivity contribution in [1.82, 2.24) is 4.31 Å². The molecule has 0 aliphatic carbocycles. The van der Waals surface area contributed by atoms with E-state index in [1.165, 1.54) is 32.3 Å². The molecule has 3 aromatic carbocycles. The standard InChI is InChI=1S/C19H17ClN2O3S/c1-22(2)26(24,25)18-12-14(10-11-16(18)20)19(23)21-17-9-5-7-13-6-3-4-8-15(13)17/h3-12H,1-2H3,(H,21,23). The molecule has 1 amide bonds. The fourth-order valence-electron chi connectivity index (χ4n) is 2.57. The van der Waals surface area contributed by atoms with Gasteiger partial charge in [-0.1, -0.05) is 48.0 Å². The number of carbonyl (C=O) groups excluding carboxylic acids is 1. The summed E-state index contributed by atoms with van der Waals surface area (Å²) in [5.74, 6) is -0.409. The number of amides is 1. The van der Waals surface area contributed by atoms with E-state index in [4.69, 9.17) is 11.6 Å². The highest BCUT2D eigenvalue weighted by Crippen LogP contribution is 2.27. The fraction of sp³-hybridized carbons (Fsp3) is 0.105. The largest absolute Gasteiger partial charge is 0.321 e. The van der Waals surface area contributed by atoms with Crippen LogP contribution in [-0.4, -0.2) is 32.7 Å². The van der Waals surface area contributed by atoms with Gasteiger partial charge in [-0.2, -0.15) is 0 Å². The topological polar surface area (TPSA) is 66.5 Å². The first kappa shape index (κ1) is 18.4. The van der Waals surface area contributed by atoms with E-state index in [0.29, 0.717) is 5.69 Å². The number of nitrogens with zero attached hydrogens (tertiary/aromatic N) is 1. The third-order valence-corrected chi connectivity index (χ3v) is 6.29. The van der Waals surface area contributed by atoms with Crippen molar-refractivity contribution in [1.29, 1.82) is 0 Å². The lowest BCUT2D eigenvalue weighted by molar-refractivity contribution is 0.102. The van der Waals surface area contributed by atoms with E-state index in [9.17, 15) is 13.2 Å². The van der Waals surface area contributed by atoms with E-state index in [1.54, 1.807) is 6.07 Å². The molecule has 1 N–H and O–H groups in total. The second-order valence-electron chi connectivity index (χ2n) is 5.91. The van der Waals surface area contributed by atoms with Crippen LogP contribution < -0.4 is 5.32 Å². The number of benzene rings is 3. The van der Waals surface area contributed by atoms with Crippen molar-refractivity contribution in [2.45, 2.75) is 4.90 Å². The summed E-state index contributed by atoms with van der Waals surface area (Å²) in [5, 5.41) is 4.81. The van der Waals surface area contributed by atoms with Crippen LogP contribution in [0.25, 0.3) is 10.8 Å². The second kappa shape index (κ2) is 7.07. The maximum Gasteiger partial charge on any atom is 0.255 e. The molecule has 0 bridgehead atoms. The van der Waals surface area contributed by atoms with E-state index in [0.717, 1.165) is 15.1 Å². The molecule has 0 atom stereocenters. The van der Waals surface area contributed by atoms with Gasteiger partial charge in [-0.15, -0.1) is 0 Å². The summed E-state index contributed by atoms with van der Waals surface area (Å²) < 4.78 is 25.8. The minimum atomic E-state index is -3.75. The first-order chi connectivity index (χ1) is 12.3. The van der Waals surface area contributed by atoms with Crippen molar-refractivity contribution in [2.75, 3.05) is 19.4 Å². The molecule has 0 aliphatic rings. The fourth-order valence-corrected chi connectivity index (χ4v) is 3.96. The number of hydrogen-bond donors (Lipinski definition) is 1. The van der Waals surface area contributed by atoms with Crippen LogP contribution in [0.2, 0.25) is 5.02 Å². The molecule has 0 spiro atoms. The lowest BCUT2D eigenvalue weighted by atomic mass is 10.1. The molecule has 3 aromatic rings. The van der Waals surface area contributed by atoms with Gasteiger partial charge in [0.05, 0.1) is 5.02 Å². The molecule has 0 fully saturated rings. The summed E-state index contributed by atoms with van der Waals surface area (Å²) in [6.07, 6.45) is 0. The first-order valence-corrected chi connectivity index (χ1v) is 9.63. The summed E-state index contributed by atoms with van der Waals surface area (Å²) >= 11 is 6.03. The minimum Gasteiger partial charge on any atom is -0.321 e. The zero-order valence-electron chi connectivity index (χ0n) is 14.2. The van der Waals surface area contributed by atoms with Crippen LogP contribution in [0.1, 0.15) is 10.4 Å². The van der Waals surface area contributed by atoms with Crippen molar-refractivity contribution >= 4 is 44.0 Å². The zero-order chi connectivity index (χ0) is 18.9. The maximum absolute atomic E-state index is 12.7. The zero-order valence-corrected chi connectivity index (χ0v) is 15.8. The van der Waals surface area contributed by atoms with Gasteiger partial charge in [-0.3, -0.25) is 4.79 Å². The maximum atomic E-state index is 12.7. The van der Waals surface area contributed by atoms with Crippen molar-refractivity contribution in [2.24, 2.45) is 0 Å². The van der Waals surface area contributed by atoms with Gasteiger partial charge in [0.25, 0.3) is 5.91 Å². The summed E-state index contributed by atoms with van der Waals surface area (Å²) in [6.45, 7) is 0. The highest BCUT2D eigenvalue weighted by molar-refractivity contribution is 7.89. The predicted octanol–water partition coefficient (Wildman–Crippen LogP) is 4.00. The highest BCUT2D eigenvalue weighted by Gasteiger charge is 2.22. The van der Waals surface area contributed by atoms with Crippen molar-refractivity contribution in [3.63, 3.8) is 0 Å². The highest BCUT2D eigenvalue weighted by atomic mass is 35.5. The molecule has 0 aromatic heterocycles. The van der Waals surface area contributed by atoms with Crippen molar-refractivity contribution < 1.29 is 13.2 Å². The number of halogens is 1. The van der Waals surface area contributed by atoms with E-state index < -0.39 is 15.9 Å². The number of anilines is 1. The average Bonchev–Trinajstić information content (AvgIpc) is 2.62. The lowest BCUT2D eigenvalue weighted by Gasteiger charge is -2.14. The Hall–Kier alpha value is -2.41. The lowest BCUT2D eigenvalue weighted by Crippen LogP contribution is -2.23.